The van der Waals surface area contributed by atoms with E-state index in [0.29, 0.717) is 22.7 Å². The first kappa shape index (κ1) is 18.1. The molecule has 11 heteroatoms. The molecule has 0 unspecified atom stereocenters. The Kier molecular flexibility index (Phi) is 5.34. The highest BCUT2D eigenvalue weighted by atomic mass is 32.2. The van der Waals surface area contributed by atoms with Crippen molar-refractivity contribution in [2.24, 2.45) is 0 Å². The zero-order chi connectivity index (χ0) is 17.9. The third-order valence-corrected chi connectivity index (χ3v) is 5.75. The fraction of sp³-hybridized carbons (Fsp3) is 0.385. The number of nitrogens with one attached hydrogen (secondary N) is 2. The normalized spacial score (nSPS) is 11.2. The molecule has 0 aliphatic heterocycles. The van der Waals surface area contributed by atoms with Crippen LogP contribution in [0.2, 0.25) is 0 Å². The molecule has 2 rings (SSSR count). The van der Waals surface area contributed by atoms with E-state index in [4.69, 9.17) is 4.74 Å². The average Bonchev–Trinajstić information content (AvgIpc) is 2.85. The lowest BCUT2D eigenvalue weighted by molar-refractivity contribution is 0.256. The Morgan fingerprint density at radius 2 is 2.00 bits per heavy atom. The van der Waals surface area contributed by atoms with E-state index in [1.807, 2.05) is 11.6 Å². The van der Waals surface area contributed by atoms with Crippen LogP contribution in [0.4, 0.5) is 10.7 Å². The van der Waals surface area contributed by atoms with Crippen molar-refractivity contribution in [2.45, 2.75) is 32.1 Å². The lowest BCUT2D eigenvalue weighted by Gasteiger charge is -2.09. The van der Waals surface area contributed by atoms with Gasteiger partial charge >= 0.3 is 12.0 Å². The molecule has 2 amide bonds. The summed E-state index contributed by atoms with van der Waals surface area (Å²) in [6.45, 7) is 5.17. The second kappa shape index (κ2) is 7.09. The first-order valence-corrected chi connectivity index (χ1v) is 9.30. The van der Waals surface area contributed by atoms with Gasteiger partial charge in [-0.1, -0.05) is 6.92 Å². The molecule has 0 saturated carbocycles. The number of aryl methyl sites for hydroxylation is 3. The van der Waals surface area contributed by atoms with E-state index in [0.717, 1.165) is 0 Å². The second-order valence-electron chi connectivity index (χ2n) is 4.78. The lowest BCUT2D eigenvalue weighted by atomic mass is 10.3. The first-order valence-electron chi connectivity index (χ1n) is 6.94. The van der Waals surface area contributed by atoms with Gasteiger partial charge in [0.15, 0.2) is 0 Å². The van der Waals surface area contributed by atoms with E-state index in [1.54, 1.807) is 19.2 Å². The van der Waals surface area contributed by atoms with Crippen molar-refractivity contribution < 1.29 is 17.9 Å². The fourth-order valence-electron chi connectivity index (χ4n) is 1.97. The Labute approximate surface area is 143 Å². The molecule has 2 N–H and O–H groups in total. The maximum Gasteiger partial charge on any atom is 0.335 e. The molecule has 2 aromatic heterocycles. The molecule has 0 radical (unpaired) electrons. The van der Waals surface area contributed by atoms with Crippen LogP contribution in [-0.2, 0) is 16.4 Å². The maximum atomic E-state index is 12.3. The summed E-state index contributed by atoms with van der Waals surface area (Å²) in [4.78, 5) is 24.6. The van der Waals surface area contributed by atoms with Crippen LogP contribution in [0, 0.1) is 13.8 Å². The average molecular weight is 371 g/mol. The summed E-state index contributed by atoms with van der Waals surface area (Å²) in [6, 6.07) is -0.931. The smallest absolute Gasteiger partial charge is 0.335 e. The number of urea groups is 1. The minimum absolute atomic E-state index is 0.0320. The van der Waals surface area contributed by atoms with Gasteiger partial charge < -0.3 is 4.74 Å². The molecule has 2 heterocycles. The van der Waals surface area contributed by atoms with Crippen LogP contribution in [0.25, 0.3) is 0 Å². The number of methoxy groups -OCH3 is 1. The van der Waals surface area contributed by atoms with Crippen molar-refractivity contribution in [3.63, 3.8) is 0 Å². The number of sulfonamides is 1. The molecule has 0 aromatic carbocycles. The van der Waals surface area contributed by atoms with E-state index in [-0.39, 0.29) is 16.9 Å². The highest BCUT2D eigenvalue weighted by molar-refractivity contribution is 7.90. The zero-order valence-corrected chi connectivity index (χ0v) is 15.2. The number of carbonyl (C=O) groups is 1. The third-order valence-electron chi connectivity index (χ3n) is 2.97. The molecular formula is C13H17N5O4S2. The Balaban J connectivity index is 2.19. The van der Waals surface area contributed by atoms with Crippen LogP contribution in [0.15, 0.2) is 10.3 Å². The van der Waals surface area contributed by atoms with Gasteiger partial charge in [0.2, 0.25) is 5.95 Å². The minimum atomic E-state index is -3.98. The van der Waals surface area contributed by atoms with E-state index in [2.05, 4.69) is 20.3 Å². The van der Waals surface area contributed by atoms with Gasteiger partial charge in [-0.25, -0.2) is 17.9 Å². The van der Waals surface area contributed by atoms with Crippen molar-refractivity contribution in [1.29, 1.82) is 0 Å². The van der Waals surface area contributed by atoms with Crippen molar-refractivity contribution >= 4 is 33.3 Å². The molecule has 0 spiro atoms. The van der Waals surface area contributed by atoms with Crippen molar-refractivity contribution in [1.82, 2.24) is 19.7 Å². The second-order valence-corrected chi connectivity index (χ2v) is 7.48. The summed E-state index contributed by atoms with van der Waals surface area (Å²) in [5, 5.41) is 3.99. The number of anilines is 1. The highest BCUT2D eigenvalue weighted by Gasteiger charge is 2.24. The summed E-state index contributed by atoms with van der Waals surface area (Å²) in [5.41, 5.74) is 0.577. The van der Waals surface area contributed by atoms with Gasteiger partial charge in [0, 0.05) is 11.3 Å². The molecule has 2 aromatic rings. The standard InChI is InChI=1S/C13H17N5O4S2/c1-5-9-14-11(17-13(15-9)22-4)16-12(19)18-24(20,21)10-7(2)6-23-8(10)3/h6H,5H2,1-4H3,(H2,14,15,16,17,18,19). The fourth-order valence-corrected chi connectivity index (χ4v) is 4.51. The van der Waals surface area contributed by atoms with Crippen LogP contribution < -0.4 is 14.8 Å². The number of nitrogens with zero attached hydrogens (tertiary/aromatic N) is 3. The number of amides is 2. The number of carbonyl (C=O) groups excluding carboxylic acids is 1. The molecule has 0 atom stereocenters. The molecule has 0 aliphatic carbocycles. The van der Waals surface area contributed by atoms with Crippen molar-refractivity contribution in [2.75, 3.05) is 12.4 Å². The number of ether oxygens (including phenoxy) is 1. The molecule has 0 fully saturated rings. The zero-order valence-electron chi connectivity index (χ0n) is 13.6. The van der Waals surface area contributed by atoms with Gasteiger partial charge in [0.05, 0.1) is 7.11 Å². The van der Waals surface area contributed by atoms with E-state index < -0.39 is 16.1 Å². The SMILES string of the molecule is CCc1nc(NC(=O)NS(=O)(=O)c2c(C)csc2C)nc(OC)n1. The first-order chi connectivity index (χ1) is 11.3. The van der Waals surface area contributed by atoms with Crippen molar-refractivity contribution in [3.05, 3.63) is 21.6 Å². The summed E-state index contributed by atoms with van der Waals surface area (Å²) in [5.74, 6) is 0.315. The Hall–Kier alpha value is -2.27. The summed E-state index contributed by atoms with van der Waals surface area (Å²) >= 11 is 1.30. The highest BCUT2D eigenvalue weighted by Crippen LogP contribution is 2.25. The number of aromatic nitrogens is 3. The van der Waals surface area contributed by atoms with Gasteiger partial charge in [0.25, 0.3) is 10.0 Å². The Morgan fingerprint density at radius 3 is 2.54 bits per heavy atom. The van der Waals surface area contributed by atoms with E-state index in [9.17, 15) is 13.2 Å². The lowest BCUT2D eigenvalue weighted by Crippen LogP contribution is -2.35. The van der Waals surface area contributed by atoms with E-state index >= 15 is 0 Å². The maximum absolute atomic E-state index is 12.3. The molecule has 0 aliphatic rings. The Bertz CT molecular complexity index is 821. The number of hydrogen-bond donors (Lipinski definition) is 2. The van der Waals surface area contributed by atoms with Crippen LogP contribution in [0.5, 0.6) is 6.01 Å². The van der Waals surface area contributed by atoms with Gasteiger partial charge in [-0.3, -0.25) is 5.32 Å². The van der Waals surface area contributed by atoms with Crippen molar-refractivity contribution in [3.8, 4) is 6.01 Å². The quantitative estimate of drug-likeness (QED) is 0.818. The molecule has 0 bridgehead atoms. The Morgan fingerprint density at radius 1 is 1.29 bits per heavy atom. The number of rotatable bonds is 5. The van der Waals surface area contributed by atoms with Crippen LogP contribution in [-0.4, -0.2) is 36.5 Å². The van der Waals surface area contributed by atoms with Crippen LogP contribution in [0.1, 0.15) is 23.2 Å². The molecule has 0 saturated heterocycles. The number of hydrogen-bond acceptors (Lipinski definition) is 8. The third kappa shape index (κ3) is 3.97. The molecule has 9 nitrogen and oxygen atoms in total. The van der Waals surface area contributed by atoms with E-state index in [1.165, 1.54) is 18.4 Å². The largest absolute Gasteiger partial charge is 0.467 e. The monoisotopic (exact) mass is 371 g/mol. The van der Waals surface area contributed by atoms with Gasteiger partial charge in [-0.15, -0.1) is 11.3 Å². The summed E-state index contributed by atoms with van der Waals surface area (Å²) in [7, 11) is -2.60. The summed E-state index contributed by atoms with van der Waals surface area (Å²) in [6.07, 6.45) is 0.501. The predicted octanol–water partition coefficient (Wildman–Crippen LogP) is 1.63. The van der Waals surface area contributed by atoms with Gasteiger partial charge in [-0.2, -0.15) is 15.0 Å². The minimum Gasteiger partial charge on any atom is -0.467 e. The molecular weight excluding hydrogens is 354 g/mol. The number of thiophene rings is 1. The summed E-state index contributed by atoms with van der Waals surface area (Å²) < 4.78 is 31.5. The van der Waals surface area contributed by atoms with Crippen LogP contribution >= 0.6 is 11.3 Å². The molecule has 24 heavy (non-hydrogen) atoms. The van der Waals surface area contributed by atoms with Gasteiger partial charge in [0.1, 0.15) is 10.7 Å². The molecule has 130 valence electrons. The predicted molar refractivity (Wildman–Crippen MR) is 88.9 cm³/mol. The topological polar surface area (TPSA) is 123 Å². The van der Waals surface area contributed by atoms with Crippen LogP contribution in [0.3, 0.4) is 0 Å². The van der Waals surface area contributed by atoms with Gasteiger partial charge in [-0.05, 0) is 24.8 Å².